The molecule has 0 unspecified atom stereocenters. The number of phenols is 1. The first-order valence-corrected chi connectivity index (χ1v) is 12.5. The van der Waals surface area contributed by atoms with Crippen molar-refractivity contribution in [1.82, 2.24) is 5.32 Å². The smallest absolute Gasteiger partial charge is 0.508 e. The number of halogens is 3. The molecule has 12 heteroatoms. The van der Waals surface area contributed by atoms with Gasteiger partial charge in [-0.2, -0.15) is 0 Å². The van der Waals surface area contributed by atoms with Crippen LogP contribution in [0.3, 0.4) is 0 Å². The Hall–Kier alpha value is -2.90. The number of hydrogen-bond donors (Lipinski definition) is 5. The molecule has 2 rings (SSSR count). The van der Waals surface area contributed by atoms with Crippen molar-refractivity contribution in [3.05, 3.63) is 59.2 Å². The first kappa shape index (κ1) is 34.1. The van der Waals surface area contributed by atoms with Crippen LogP contribution < -0.4 is 10.1 Å². The number of unbranched alkanes of at least 4 members (excludes halogenated alkanes) is 3. The third-order valence-corrected chi connectivity index (χ3v) is 5.16. The summed E-state index contributed by atoms with van der Waals surface area (Å²) in [6.45, 7) is 3.50. The van der Waals surface area contributed by atoms with Crippen molar-refractivity contribution in [2.45, 2.75) is 58.3 Å². The second-order valence-corrected chi connectivity index (χ2v) is 8.56. The quantitative estimate of drug-likeness (QED) is 0.179. The van der Waals surface area contributed by atoms with E-state index < -0.39 is 18.4 Å². The number of nitrogens with one attached hydrogen (secondary N) is 1. The van der Waals surface area contributed by atoms with Crippen molar-refractivity contribution in [1.29, 1.82) is 0 Å². The van der Waals surface area contributed by atoms with Crippen LogP contribution in [-0.4, -0.2) is 65.7 Å². The molecule has 39 heavy (non-hydrogen) atoms. The van der Waals surface area contributed by atoms with Crippen molar-refractivity contribution >= 4 is 5.97 Å². The lowest BCUT2D eigenvalue weighted by atomic mass is 10.1. The predicted octanol–water partition coefficient (Wildman–Crippen LogP) is 4.29. The number of alkyl halides is 3. The van der Waals surface area contributed by atoms with Crippen LogP contribution >= 0.6 is 0 Å². The summed E-state index contributed by atoms with van der Waals surface area (Å²) in [5.74, 6) is -1.09. The predicted molar refractivity (Wildman–Crippen MR) is 137 cm³/mol. The fourth-order valence-electron chi connectivity index (χ4n) is 3.35. The molecule has 0 bridgehead atoms. The number of rotatable bonds is 17. The second kappa shape index (κ2) is 19.2. The van der Waals surface area contributed by atoms with Crippen molar-refractivity contribution < 1.29 is 52.6 Å². The van der Waals surface area contributed by atoms with Gasteiger partial charge < -0.3 is 40.0 Å². The summed E-state index contributed by atoms with van der Waals surface area (Å²) < 4.78 is 51.6. The highest BCUT2D eigenvalue weighted by atomic mass is 19.4. The van der Waals surface area contributed by atoms with Gasteiger partial charge in [0.05, 0.1) is 32.5 Å². The zero-order valence-electron chi connectivity index (χ0n) is 22.0. The molecule has 0 fully saturated rings. The van der Waals surface area contributed by atoms with Crippen LogP contribution in [0.2, 0.25) is 0 Å². The molecule has 0 heterocycles. The van der Waals surface area contributed by atoms with Gasteiger partial charge in [0.1, 0.15) is 11.5 Å². The summed E-state index contributed by atoms with van der Waals surface area (Å²) in [7, 11) is 0. The van der Waals surface area contributed by atoms with Crippen molar-refractivity contribution in [2.24, 2.45) is 0 Å². The molecule has 9 nitrogen and oxygen atoms in total. The van der Waals surface area contributed by atoms with E-state index in [2.05, 4.69) is 10.1 Å². The Morgan fingerprint density at radius 3 is 2.38 bits per heavy atom. The SMILES string of the molecule is CC(=O)O.OCc1cc([C@@H](O)CNCCCCCCOCCOCc2cccc(OC(F)(F)F)c2)ccc1O. The number of ether oxygens (including phenoxy) is 3. The summed E-state index contributed by atoms with van der Waals surface area (Å²) in [4.78, 5) is 9.00. The fourth-order valence-corrected chi connectivity index (χ4v) is 3.35. The fraction of sp³-hybridized carbons (Fsp3) is 0.519. The van der Waals surface area contributed by atoms with Crippen LogP contribution in [0.1, 0.15) is 55.4 Å². The minimum atomic E-state index is -4.72. The number of benzene rings is 2. The minimum Gasteiger partial charge on any atom is -0.508 e. The molecule has 2 aromatic carbocycles. The summed E-state index contributed by atoms with van der Waals surface area (Å²) in [6, 6.07) is 10.4. The first-order valence-electron chi connectivity index (χ1n) is 12.5. The standard InChI is InChI=1S/C25H34F3NO6.C2H4O2/c26-25(27,28)35-22-7-5-6-19(14-22)18-34-13-12-33-11-4-2-1-3-10-29-16-24(32)20-8-9-23(31)21(15-20)17-30;1-2(3)4/h5-9,14-15,24,29-32H,1-4,10-13,16-18H2;1H3,(H,3,4)/t24-;/m0./s1. The Morgan fingerprint density at radius 1 is 1.00 bits per heavy atom. The molecule has 0 amide bonds. The van der Waals surface area contributed by atoms with Crippen molar-refractivity contribution in [3.8, 4) is 11.5 Å². The number of aliphatic hydroxyl groups is 2. The third kappa shape index (κ3) is 17.3. The molecule has 0 saturated carbocycles. The van der Waals surface area contributed by atoms with Gasteiger partial charge in [0.25, 0.3) is 5.97 Å². The van der Waals surface area contributed by atoms with Gasteiger partial charge in [-0.05, 0) is 54.8 Å². The van der Waals surface area contributed by atoms with E-state index in [9.17, 15) is 28.5 Å². The van der Waals surface area contributed by atoms with Crippen molar-refractivity contribution in [3.63, 3.8) is 0 Å². The number of aliphatic carboxylic acids is 1. The van der Waals surface area contributed by atoms with E-state index in [4.69, 9.17) is 19.4 Å². The van der Waals surface area contributed by atoms with Crippen LogP contribution in [0.4, 0.5) is 13.2 Å². The molecule has 2 aromatic rings. The summed E-state index contributed by atoms with van der Waals surface area (Å²) in [5.41, 5.74) is 1.62. The van der Waals surface area contributed by atoms with Gasteiger partial charge in [0.15, 0.2) is 0 Å². The normalized spacial score (nSPS) is 11.9. The van der Waals surface area contributed by atoms with E-state index in [-0.39, 0.29) is 24.7 Å². The lowest BCUT2D eigenvalue weighted by molar-refractivity contribution is -0.274. The highest BCUT2D eigenvalue weighted by Crippen LogP contribution is 2.24. The average molecular weight is 562 g/mol. The summed E-state index contributed by atoms with van der Waals surface area (Å²) in [5, 5.41) is 39.6. The van der Waals surface area contributed by atoms with Crippen molar-refractivity contribution in [2.75, 3.05) is 32.9 Å². The van der Waals surface area contributed by atoms with Crippen LogP contribution in [0.15, 0.2) is 42.5 Å². The zero-order chi connectivity index (χ0) is 29.1. The van der Waals surface area contributed by atoms with E-state index in [0.29, 0.717) is 43.1 Å². The van der Waals surface area contributed by atoms with Gasteiger partial charge in [-0.1, -0.05) is 31.0 Å². The monoisotopic (exact) mass is 561 g/mol. The van der Waals surface area contributed by atoms with E-state index in [0.717, 1.165) is 39.2 Å². The number of carboxylic acid groups (broad SMARTS) is 1. The molecule has 0 spiro atoms. The molecule has 220 valence electrons. The average Bonchev–Trinajstić information content (AvgIpc) is 2.86. The number of aromatic hydroxyl groups is 1. The van der Waals surface area contributed by atoms with E-state index >= 15 is 0 Å². The van der Waals surface area contributed by atoms with E-state index in [1.54, 1.807) is 18.2 Å². The Kier molecular flexibility index (Phi) is 16.8. The molecule has 0 saturated heterocycles. The maximum Gasteiger partial charge on any atom is 0.573 e. The van der Waals surface area contributed by atoms with Crippen LogP contribution in [0.25, 0.3) is 0 Å². The Balaban J connectivity index is 0.00000177. The van der Waals surface area contributed by atoms with E-state index in [1.807, 2.05) is 0 Å². The van der Waals surface area contributed by atoms with Gasteiger partial charge in [-0.15, -0.1) is 13.2 Å². The molecule has 0 aromatic heterocycles. The zero-order valence-corrected chi connectivity index (χ0v) is 22.0. The number of aliphatic hydroxyl groups excluding tert-OH is 2. The lowest BCUT2D eigenvalue weighted by Gasteiger charge is -2.14. The van der Waals surface area contributed by atoms with Gasteiger partial charge >= 0.3 is 6.36 Å². The lowest BCUT2D eigenvalue weighted by Crippen LogP contribution is -2.22. The second-order valence-electron chi connectivity index (χ2n) is 8.56. The molecule has 0 aliphatic heterocycles. The third-order valence-electron chi connectivity index (χ3n) is 5.16. The maximum atomic E-state index is 12.3. The van der Waals surface area contributed by atoms with Crippen LogP contribution in [0, 0.1) is 0 Å². The number of hydrogen-bond acceptors (Lipinski definition) is 8. The molecule has 5 N–H and O–H groups in total. The highest BCUT2D eigenvalue weighted by molar-refractivity contribution is 5.62. The molecular formula is C27H38F3NO8. The summed E-state index contributed by atoms with van der Waals surface area (Å²) in [6.07, 6.45) is -1.52. The Labute approximate surface area is 226 Å². The molecule has 0 aliphatic rings. The molecule has 0 aliphatic carbocycles. The number of carboxylic acids is 1. The summed E-state index contributed by atoms with van der Waals surface area (Å²) >= 11 is 0. The van der Waals surface area contributed by atoms with Crippen LogP contribution in [0.5, 0.6) is 11.5 Å². The van der Waals surface area contributed by atoms with Gasteiger partial charge in [0.2, 0.25) is 0 Å². The van der Waals surface area contributed by atoms with Gasteiger partial charge in [-0.3, -0.25) is 4.79 Å². The highest BCUT2D eigenvalue weighted by Gasteiger charge is 2.31. The maximum absolute atomic E-state index is 12.3. The topological polar surface area (TPSA) is 138 Å². The first-order chi connectivity index (χ1) is 18.5. The molecule has 0 radical (unpaired) electrons. The molecule has 1 atom stereocenters. The van der Waals surface area contributed by atoms with Crippen LogP contribution in [-0.2, 0) is 27.5 Å². The number of carbonyl (C=O) groups is 1. The molecular weight excluding hydrogens is 523 g/mol. The van der Waals surface area contributed by atoms with Gasteiger partial charge in [0, 0.05) is 25.6 Å². The Bertz CT molecular complexity index is 955. The van der Waals surface area contributed by atoms with E-state index in [1.165, 1.54) is 24.3 Å². The Morgan fingerprint density at radius 2 is 1.69 bits per heavy atom. The minimum absolute atomic E-state index is 0.0112. The van der Waals surface area contributed by atoms with Gasteiger partial charge in [-0.25, -0.2) is 0 Å². The largest absolute Gasteiger partial charge is 0.573 e.